The summed E-state index contributed by atoms with van der Waals surface area (Å²) in [6, 6.07) is 31.5. The van der Waals surface area contributed by atoms with Crippen LogP contribution in [0.25, 0.3) is 0 Å². The van der Waals surface area contributed by atoms with Gasteiger partial charge in [0.25, 0.3) is 0 Å². The molecule has 1 saturated heterocycles. The molecule has 1 aromatic heterocycles. The number of fused-ring (bicyclic) bond motifs is 1. The number of benzene rings is 3. The molecule has 2 atom stereocenters. The zero-order chi connectivity index (χ0) is 29.8. The van der Waals surface area contributed by atoms with E-state index in [1.165, 1.54) is 21.5 Å². The Morgan fingerprint density at radius 2 is 1.60 bits per heavy atom. The molecule has 3 aromatic carbocycles. The Labute approximate surface area is 258 Å². The number of hydrogen-bond acceptors (Lipinski definition) is 9. The van der Waals surface area contributed by atoms with Crippen molar-refractivity contribution in [2.24, 2.45) is 5.16 Å². The molecule has 0 radical (unpaired) electrons. The molecule has 0 spiro atoms. The average Bonchev–Trinajstić information content (AvgIpc) is 3.49. The van der Waals surface area contributed by atoms with Crippen molar-refractivity contribution < 1.29 is 14.4 Å². The number of nitrogens with two attached hydrogens (primary N) is 1. The molecule has 2 amide bonds. The maximum absolute atomic E-state index is 13.4. The van der Waals surface area contributed by atoms with Gasteiger partial charge in [-0.1, -0.05) is 0 Å². The summed E-state index contributed by atoms with van der Waals surface area (Å²) in [5, 5.41) is 10.7. The molecule has 3 N–H and O–H groups in total. The van der Waals surface area contributed by atoms with Gasteiger partial charge in [-0.05, 0) is 6.92 Å². The Morgan fingerprint density at radius 1 is 1.02 bits per heavy atom. The molecule has 0 saturated carbocycles. The van der Waals surface area contributed by atoms with Gasteiger partial charge in [-0.15, -0.1) is 0 Å². The number of hydrogen-bond donors (Lipinski definition) is 2. The van der Waals surface area contributed by atoms with Gasteiger partial charge in [0.15, 0.2) is 0 Å². The van der Waals surface area contributed by atoms with Crippen molar-refractivity contribution in [3.8, 4) is 0 Å². The number of oxime groups is 1. The second kappa shape index (κ2) is 12.7. The van der Waals surface area contributed by atoms with Crippen LogP contribution >= 0.6 is 30.6 Å². The van der Waals surface area contributed by atoms with Gasteiger partial charge in [0.2, 0.25) is 0 Å². The fourth-order valence-electron chi connectivity index (χ4n) is 5.62. The third-order valence-electron chi connectivity index (χ3n) is 7.57. The number of thioether (sulfide) groups is 1. The summed E-state index contributed by atoms with van der Waals surface area (Å²) in [5.41, 5.74) is 6.80. The van der Waals surface area contributed by atoms with E-state index in [2.05, 4.69) is 111 Å². The van der Waals surface area contributed by atoms with Crippen LogP contribution in [-0.4, -0.2) is 61.7 Å². The van der Waals surface area contributed by atoms with Gasteiger partial charge in [-0.3, -0.25) is 0 Å². The molecule has 43 heavy (non-hydrogen) atoms. The van der Waals surface area contributed by atoms with E-state index in [9.17, 15) is 9.59 Å². The summed E-state index contributed by atoms with van der Waals surface area (Å²) in [5.74, 6) is 0.0606. The van der Waals surface area contributed by atoms with Gasteiger partial charge < -0.3 is 5.73 Å². The Bertz CT molecular complexity index is 1570. The predicted molar refractivity (Wildman–Crippen MR) is 177 cm³/mol. The number of rotatable bonds is 10. The topological polar surface area (TPSA) is 123 Å². The molecule has 1 fully saturated rings. The molecule has 2 aliphatic heterocycles. The number of β-lactam (4-membered cyclic amide) rings is 1. The van der Waals surface area contributed by atoms with Crippen LogP contribution in [0.2, 0.25) is 0 Å². The summed E-state index contributed by atoms with van der Waals surface area (Å²) in [4.78, 5) is 37.5. The van der Waals surface area contributed by atoms with Crippen LogP contribution in [0.5, 0.6) is 0 Å². The van der Waals surface area contributed by atoms with Crippen molar-refractivity contribution in [1.82, 2.24) is 19.6 Å². The van der Waals surface area contributed by atoms with Crippen LogP contribution in [0.15, 0.2) is 108 Å². The summed E-state index contributed by atoms with van der Waals surface area (Å²) in [6.45, 7) is 2.01. The van der Waals surface area contributed by atoms with Gasteiger partial charge in [0.05, 0.1) is 0 Å². The van der Waals surface area contributed by atoms with Crippen LogP contribution < -0.4 is 27.0 Å². The fourth-order valence-corrected chi connectivity index (χ4v) is 12.3. The molecule has 2 aliphatic rings. The fraction of sp³-hybridized carbons (Fsp3) is 0.194. The van der Waals surface area contributed by atoms with Crippen LogP contribution in [0.4, 0.5) is 5.13 Å². The van der Waals surface area contributed by atoms with Crippen molar-refractivity contribution in [1.29, 1.82) is 0 Å². The second-order valence-corrected chi connectivity index (χ2v) is 16.0. The van der Waals surface area contributed by atoms with Gasteiger partial charge in [-0.2, -0.15) is 0 Å². The van der Waals surface area contributed by atoms with Gasteiger partial charge in [-0.25, -0.2) is 0 Å². The van der Waals surface area contributed by atoms with E-state index >= 15 is 0 Å². The number of anilines is 1. The quantitative estimate of drug-likeness (QED) is 0.120. The first-order valence-electron chi connectivity index (χ1n) is 13.9. The first-order chi connectivity index (χ1) is 21.0. The van der Waals surface area contributed by atoms with E-state index in [-0.39, 0.29) is 34.6 Å². The van der Waals surface area contributed by atoms with E-state index in [1.807, 2.05) is 6.20 Å². The van der Waals surface area contributed by atoms with Crippen LogP contribution in [0.3, 0.4) is 0 Å². The molecular weight excluding hydrogens is 599 g/mol. The number of amides is 2. The van der Waals surface area contributed by atoms with Crippen LogP contribution in [0.1, 0.15) is 12.7 Å². The third kappa shape index (κ3) is 5.68. The monoisotopic (exact) mass is 630 g/mol. The molecule has 220 valence electrons. The Hall–Kier alpha value is -4.05. The van der Waals surface area contributed by atoms with E-state index in [4.69, 9.17) is 10.6 Å². The van der Waals surface area contributed by atoms with E-state index in [0.717, 1.165) is 23.4 Å². The van der Waals surface area contributed by atoms with Crippen molar-refractivity contribution in [2.45, 2.75) is 18.3 Å². The molecule has 3 heterocycles. The van der Waals surface area contributed by atoms with Crippen molar-refractivity contribution in [3.05, 3.63) is 109 Å². The zero-order valence-corrected chi connectivity index (χ0v) is 26.1. The first kappa shape index (κ1) is 29.0. The minimum atomic E-state index is -2.51. The summed E-state index contributed by atoms with van der Waals surface area (Å²) in [7, 11) is -2.51. The van der Waals surface area contributed by atoms with E-state index in [0.29, 0.717) is 0 Å². The minimum absolute atomic E-state index is 0.0691. The Kier molecular flexibility index (Phi) is 8.56. The summed E-state index contributed by atoms with van der Waals surface area (Å²) >= 11 is 2.61. The van der Waals surface area contributed by atoms with Gasteiger partial charge in [0, 0.05) is 0 Å². The van der Waals surface area contributed by atoms with Gasteiger partial charge in [0.1, 0.15) is 0 Å². The molecule has 6 rings (SSSR count). The predicted octanol–water partition coefficient (Wildman–Crippen LogP) is 2.87. The Balaban J connectivity index is 1.28. The maximum atomic E-state index is 13.4. The molecule has 4 aromatic rings. The molecular formula is C31H31N6O3PS2. The first-order valence-corrected chi connectivity index (χ1v) is 17.9. The van der Waals surface area contributed by atoms with E-state index in [1.54, 1.807) is 23.6 Å². The SMILES string of the molecule is CCON=C(C(=O)NC1C(=O)N2C=C(C[PH](c3ccccc3)(c3ccccc3)c3ccccc3)CS[C@@H]12)c1nsc(N)n1. The average molecular weight is 631 g/mol. The summed E-state index contributed by atoms with van der Waals surface area (Å²) in [6.07, 6.45) is 2.83. The molecule has 0 aliphatic carbocycles. The van der Waals surface area contributed by atoms with Crippen molar-refractivity contribution in [3.63, 3.8) is 0 Å². The molecule has 0 bridgehead atoms. The third-order valence-corrected chi connectivity index (χ3v) is 14.4. The van der Waals surface area contributed by atoms with Crippen LogP contribution in [0, 0.1) is 0 Å². The Morgan fingerprint density at radius 3 is 2.12 bits per heavy atom. The number of aromatic nitrogens is 2. The number of nitrogens with zero attached hydrogens (tertiary/aromatic N) is 4. The molecule has 12 heteroatoms. The van der Waals surface area contributed by atoms with E-state index < -0.39 is 19.2 Å². The molecule has 1 unspecified atom stereocenters. The standard InChI is InChI=1S/C31H31N6O3PS2/c1-2-40-35-25(27-34-31(32)43-36-27)28(38)33-26-29(39)37-18-21(20-42-30(26)37)19-41(22-12-6-3-7-13-22,23-14-8-4-9-15-23)24-16-10-5-11-17-24/h3-18,26,30,41H,2,19-20H2,1H3,(H,33,38)(H2,32,34,36)/t26?,30-/m0/s1. The number of nitrogens with one attached hydrogen (secondary N) is 1. The normalized spacial score (nSPS) is 18.7. The zero-order valence-electron chi connectivity index (χ0n) is 23.4. The van der Waals surface area contributed by atoms with Crippen LogP contribution in [-0.2, 0) is 14.4 Å². The summed E-state index contributed by atoms with van der Waals surface area (Å²) < 4.78 is 4.09. The number of carbonyl (C=O) groups is 2. The number of carbonyl (C=O) groups excluding carboxylic acids is 2. The van der Waals surface area contributed by atoms with Crippen molar-refractivity contribution >= 4 is 69.1 Å². The van der Waals surface area contributed by atoms with Crippen molar-refractivity contribution in [2.75, 3.05) is 24.3 Å². The van der Waals surface area contributed by atoms with Gasteiger partial charge >= 0.3 is 247 Å². The number of nitrogen functional groups attached to an aromatic ring is 1. The molecule has 9 nitrogen and oxygen atoms in total. The second-order valence-electron chi connectivity index (χ2n) is 10.2.